The minimum absolute atomic E-state index is 0.120. The maximum absolute atomic E-state index is 11.8. The summed E-state index contributed by atoms with van der Waals surface area (Å²) in [5.74, 6) is -0.120. The lowest BCUT2D eigenvalue weighted by Crippen LogP contribution is -2.22. The van der Waals surface area contributed by atoms with E-state index in [1.165, 1.54) is 0 Å². The van der Waals surface area contributed by atoms with E-state index in [2.05, 4.69) is 5.32 Å². The van der Waals surface area contributed by atoms with Gasteiger partial charge in [-0.2, -0.15) is 0 Å². The van der Waals surface area contributed by atoms with Crippen LogP contribution in [0.25, 0.3) is 11.1 Å². The summed E-state index contributed by atoms with van der Waals surface area (Å²) in [5, 5.41) is 3.44. The molecule has 0 radical (unpaired) electrons. The molecule has 98 valence electrons. The summed E-state index contributed by atoms with van der Waals surface area (Å²) in [7, 11) is 0. The summed E-state index contributed by atoms with van der Waals surface area (Å²) >= 11 is 5.86. The molecule has 0 aromatic heterocycles. The zero-order valence-electron chi connectivity index (χ0n) is 10.6. The summed E-state index contributed by atoms with van der Waals surface area (Å²) < 4.78 is 0. The summed E-state index contributed by atoms with van der Waals surface area (Å²) in [4.78, 5) is 11.8. The van der Waals surface area contributed by atoms with Crippen molar-refractivity contribution in [3.63, 3.8) is 0 Å². The minimum Gasteiger partial charge on any atom is -0.399 e. The van der Waals surface area contributed by atoms with Crippen LogP contribution in [0.1, 0.15) is 17.3 Å². The van der Waals surface area contributed by atoms with Crippen LogP contribution in [0.3, 0.4) is 0 Å². The van der Waals surface area contributed by atoms with Gasteiger partial charge in [0.05, 0.1) is 0 Å². The third-order valence-electron chi connectivity index (χ3n) is 2.73. The zero-order chi connectivity index (χ0) is 13.8. The third kappa shape index (κ3) is 3.26. The Balaban J connectivity index is 2.41. The molecular formula is C15H15ClN2O. The van der Waals surface area contributed by atoms with E-state index in [0.717, 1.165) is 11.1 Å². The highest BCUT2D eigenvalue weighted by Gasteiger charge is 2.08. The normalized spacial score (nSPS) is 10.2. The summed E-state index contributed by atoms with van der Waals surface area (Å²) in [6.45, 7) is 2.47. The number of nitrogens with two attached hydrogens (primary N) is 1. The molecule has 4 heteroatoms. The number of rotatable bonds is 3. The molecule has 0 fully saturated rings. The van der Waals surface area contributed by atoms with Gasteiger partial charge in [-0.05, 0) is 48.4 Å². The zero-order valence-corrected chi connectivity index (χ0v) is 11.4. The van der Waals surface area contributed by atoms with Crippen LogP contribution in [-0.2, 0) is 0 Å². The molecule has 1 amide bonds. The number of carbonyl (C=O) groups is 1. The second kappa shape index (κ2) is 5.76. The van der Waals surface area contributed by atoms with E-state index in [-0.39, 0.29) is 5.91 Å². The van der Waals surface area contributed by atoms with Gasteiger partial charge in [-0.25, -0.2) is 0 Å². The SMILES string of the molecule is CCNC(=O)c1cc(N)cc(-c2ccc(Cl)cc2)c1. The molecule has 19 heavy (non-hydrogen) atoms. The van der Waals surface area contributed by atoms with E-state index in [4.69, 9.17) is 17.3 Å². The largest absolute Gasteiger partial charge is 0.399 e. The average molecular weight is 275 g/mol. The Labute approximate surface area is 117 Å². The van der Waals surface area contributed by atoms with E-state index >= 15 is 0 Å². The van der Waals surface area contributed by atoms with Crippen LogP contribution in [0, 0.1) is 0 Å². The van der Waals surface area contributed by atoms with E-state index in [1.807, 2.05) is 43.3 Å². The van der Waals surface area contributed by atoms with Crippen molar-refractivity contribution in [1.82, 2.24) is 5.32 Å². The van der Waals surface area contributed by atoms with Crippen molar-refractivity contribution in [2.75, 3.05) is 12.3 Å². The lowest BCUT2D eigenvalue weighted by atomic mass is 10.0. The molecule has 2 rings (SSSR count). The van der Waals surface area contributed by atoms with Crippen LogP contribution in [0.5, 0.6) is 0 Å². The Morgan fingerprint density at radius 3 is 2.47 bits per heavy atom. The average Bonchev–Trinajstić information content (AvgIpc) is 2.39. The van der Waals surface area contributed by atoms with Crippen LogP contribution in [0.15, 0.2) is 42.5 Å². The van der Waals surface area contributed by atoms with Crippen molar-refractivity contribution < 1.29 is 4.79 Å². The standard InChI is InChI=1S/C15H15ClN2O/c1-2-18-15(19)12-7-11(8-14(17)9-12)10-3-5-13(16)6-4-10/h3-9H,2,17H2,1H3,(H,18,19). The number of benzene rings is 2. The molecule has 0 aliphatic heterocycles. The monoisotopic (exact) mass is 274 g/mol. The number of amides is 1. The first-order chi connectivity index (χ1) is 9.10. The maximum atomic E-state index is 11.8. The van der Waals surface area contributed by atoms with Gasteiger partial charge < -0.3 is 11.1 Å². The number of hydrogen-bond acceptors (Lipinski definition) is 2. The third-order valence-corrected chi connectivity index (χ3v) is 2.98. The predicted octanol–water partition coefficient (Wildman–Crippen LogP) is 3.34. The van der Waals surface area contributed by atoms with Crippen LogP contribution < -0.4 is 11.1 Å². The smallest absolute Gasteiger partial charge is 0.251 e. The molecule has 0 atom stereocenters. The van der Waals surface area contributed by atoms with Gasteiger partial charge in [-0.1, -0.05) is 23.7 Å². The van der Waals surface area contributed by atoms with Gasteiger partial charge in [0.1, 0.15) is 0 Å². The van der Waals surface area contributed by atoms with Crippen LogP contribution >= 0.6 is 11.6 Å². The number of anilines is 1. The summed E-state index contributed by atoms with van der Waals surface area (Å²) in [5.41, 5.74) is 8.86. The first-order valence-electron chi connectivity index (χ1n) is 6.05. The number of nitrogen functional groups attached to an aromatic ring is 1. The topological polar surface area (TPSA) is 55.1 Å². The number of halogens is 1. The molecule has 2 aromatic carbocycles. The van der Waals surface area contributed by atoms with Gasteiger partial charge in [-0.15, -0.1) is 0 Å². The molecule has 3 nitrogen and oxygen atoms in total. The molecule has 0 aliphatic rings. The molecule has 0 heterocycles. The second-order valence-electron chi connectivity index (χ2n) is 4.21. The minimum atomic E-state index is -0.120. The Hall–Kier alpha value is -2.00. The number of nitrogens with one attached hydrogen (secondary N) is 1. The summed E-state index contributed by atoms with van der Waals surface area (Å²) in [6.07, 6.45) is 0. The fourth-order valence-electron chi connectivity index (χ4n) is 1.85. The molecule has 0 saturated heterocycles. The lowest BCUT2D eigenvalue weighted by Gasteiger charge is -2.08. The van der Waals surface area contributed by atoms with E-state index in [1.54, 1.807) is 6.07 Å². The van der Waals surface area contributed by atoms with Crippen LogP contribution in [0.2, 0.25) is 5.02 Å². The first-order valence-corrected chi connectivity index (χ1v) is 6.42. The Bertz CT molecular complexity index is 594. The van der Waals surface area contributed by atoms with Gasteiger partial charge in [0.2, 0.25) is 0 Å². The summed E-state index contributed by atoms with van der Waals surface area (Å²) in [6, 6.07) is 12.8. The van der Waals surface area contributed by atoms with E-state index < -0.39 is 0 Å². The highest BCUT2D eigenvalue weighted by molar-refractivity contribution is 6.30. The highest BCUT2D eigenvalue weighted by Crippen LogP contribution is 2.25. The fourth-order valence-corrected chi connectivity index (χ4v) is 1.98. The van der Waals surface area contributed by atoms with Crippen LogP contribution in [0.4, 0.5) is 5.69 Å². The highest BCUT2D eigenvalue weighted by atomic mass is 35.5. The van der Waals surface area contributed by atoms with Crippen molar-refractivity contribution >= 4 is 23.2 Å². The Morgan fingerprint density at radius 1 is 1.16 bits per heavy atom. The second-order valence-corrected chi connectivity index (χ2v) is 4.65. The Kier molecular flexibility index (Phi) is 4.07. The molecule has 3 N–H and O–H groups in total. The van der Waals surface area contributed by atoms with Crippen molar-refractivity contribution in [2.24, 2.45) is 0 Å². The van der Waals surface area contributed by atoms with Crippen molar-refractivity contribution in [1.29, 1.82) is 0 Å². The molecule has 0 saturated carbocycles. The quantitative estimate of drug-likeness (QED) is 0.844. The molecule has 0 aliphatic carbocycles. The van der Waals surface area contributed by atoms with Gasteiger partial charge in [0, 0.05) is 22.8 Å². The molecule has 0 unspecified atom stereocenters. The fraction of sp³-hybridized carbons (Fsp3) is 0.133. The molecule has 2 aromatic rings. The molecule has 0 spiro atoms. The van der Waals surface area contributed by atoms with Gasteiger partial charge >= 0.3 is 0 Å². The van der Waals surface area contributed by atoms with E-state index in [0.29, 0.717) is 22.8 Å². The van der Waals surface area contributed by atoms with Gasteiger partial charge in [0.25, 0.3) is 5.91 Å². The van der Waals surface area contributed by atoms with Crippen molar-refractivity contribution in [3.8, 4) is 11.1 Å². The van der Waals surface area contributed by atoms with Gasteiger partial charge in [0.15, 0.2) is 0 Å². The molecular weight excluding hydrogens is 260 g/mol. The van der Waals surface area contributed by atoms with Crippen LogP contribution in [-0.4, -0.2) is 12.5 Å². The first kappa shape index (κ1) is 13.4. The van der Waals surface area contributed by atoms with Crippen molar-refractivity contribution in [3.05, 3.63) is 53.1 Å². The van der Waals surface area contributed by atoms with Gasteiger partial charge in [-0.3, -0.25) is 4.79 Å². The predicted molar refractivity (Wildman–Crippen MR) is 79.3 cm³/mol. The molecule has 0 bridgehead atoms. The van der Waals surface area contributed by atoms with Crippen molar-refractivity contribution in [2.45, 2.75) is 6.92 Å². The lowest BCUT2D eigenvalue weighted by molar-refractivity contribution is 0.0956. The number of carbonyl (C=O) groups excluding carboxylic acids is 1. The Morgan fingerprint density at radius 2 is 1.84 bits per heavy atom. The number of hydrogen-bond donors (Lipinski definition) is 2. The maximum Gasteiger partial charge on any atom is 0.251 e. The van der Waals surface area contributed by atoms with E-state index in [9.17, 15) is 4.79 Å².